The first-order chi connectivity index (χ1) is 5.91. The predicted octanol–water partition coefficient (Wildman–Crippen LogP) is 1.32. The molecule has 13 heavy (non-hydrogen) atoms. The summed E-state index contributed by atoms with van der Waals surface area (Å²) in [5.41, 5.74) is -0.179. The van der Waals surface area contributed by atoms with Crippen LogP contribution in [-0.4, -0.2) is 15.8 Å². The Balaban J connectivity index is 2.71. The van der Waals surface area contributed by atoms with E-state index in [1.807, 2.05) is 20.8 Å². The highest BCUT2D eigenvalue weighted by molar-refractivity contribution is 7.07. The number of hydrogen-bond donors (Lipinski definition) is 1. The normalized spacial score (nSPS) is 14.5. The maximum absolute atomic E-state index is 11.2. The number of aromatic nitrogens is 1. The van der Waals surface area contributed by atoms with Gasteiger partial charge in [0.2, 0.25) is 0 Å². The molecule has 3 nitrogen and oxygen atoms in total. The summed E-state index contributed by atoms with van der Waals surface area (Å²) < 4.78 is 1.54. The lowest BCUT2D eigenvalue weighted by Gasteiger charge is -2.25. The number of nitrogens with zero attached hydrogens (tertiary/aromatic N) is 1. The van der Waals surface area contributed by atoms with Gasteiger partial charge < -0.3 is 9.67 Å². The molecule has 0 aliphatic heterocycles. The first kappa shape index (κ1) is 10.5. The predicted molar refractivity (Wildman–Crippen MR) is 54.0 cm³/mol. The zero-order chi connectivity index (χ0) is 10.1. The van der Waals surface area contributed by atoms with Crippen molar-refractivity contribution in [1.29, 1.82) is 0 Å². The molecule has 4 heteroatoms. The van der Waals surface area contributed by atoms with Crippen LogP contribution in [-0.2, 0) is 6.54 Å². The monoisotopic (exact) mass is 201 g/mol. The Labute approximate surface area is 81.6 Å². The summed E-state index contributed by atoms with van der Waals surface area (Å²) >= 11 is 1.15. The van der Waals surface area contributed by atoms with Gasteiger partial charge in [-0.15, -0.1) is 0 Å². The van der Waals surface area contributed by atoms with Crippen LogP contribution < -0.4 is 4.87 Å². The van der Waals surface area contributed by atoms with Gasteiger partial charge in [0.15, 0.2) is 0 Å². The van der Waals surface area contributed by atoms with Crippen molar-refractivity contribution in [2.24, 2.45) is 5.41 Å². The van der Waals surface area contributed by atoms with E-state index < -0.39 is 6.10 Å². The SMILES string of the molecule is CC(C)(C)C(O)Cn1ccsc1=O. The molecular weight excluding hydrogens is 186 g/mol. The Bertz CT molecular complexity index is 321. The highest BCUT2D eigenvalue weighted by atomic mass is 32.1. The third-order valence-electron chi connectivity index (χ3n) is 2.01. The van der Waals surface area contributed by atoms with Crippen LogP contribution in [0.3, 0.4) is 0 Å². The summed E-state index contributed by atoms with van der Waals surface area (Å²) in [6.07, 6.45) is 1.22. The van der Waals surface area contributed by atoms with Gasteiger partial charge in [-0.2, -0.15) is 0 Å². The van der Waals surface area contributed by atoms with Crippen LogP contribution in [0, 0.1) is 5.41 Å². The molecule has 0 aliphatic carbocycles. The van der Waals surface area contributed by atoms with Crippen LogP contribution >= 0.6 is 11.3 Å². The Hall–Kier alpha value is -0.610. The van der Waals surface area contributed by atoms with E-state index >= 15 is 0 Å². The summed E-state index contributed by atoms with van der Waals surface area (Å²) in [4.78, 5) is 11.1. The summed E-state index contributed by atoms with van der Waals surface area (Å²) in [5, 5.41) is 11.5. The number of hydrogen-bond acceptors (Lipinski definition) is 3. The molecule has 0 bridgehead atoms. The van der Waals surface area contributed by atoms with Gasteiger partial charge in [0.05, 0.1) is 12.6 Å². The molecular formula is C9H15NO2S. The second-order valence-corrected chi connectivity index (χ2v) is 5.06. The summed E-state index contributed by atoms with van der Waals surface area (Å²) in [7, 11) is 0. The van der Waals surface area contributed by atoms with Crippen LogP contribution in [0.25, 0.3) is 0 Å². The molecule has 0 aromatic carbocycles. The van der Waals surface area contributed by atoms with E-state index in [4.69, 9.17) is 0 Å². The molecule has 1 N–H and O–H groups in total. The van der Waals surface area contributed by atoms with Crippen LogP contribution in [0.5, 0.6) is 0 Å². The molecule has 74 valence electrons. The lowest BCUT2D eigenvalue weighted by molar-refractivity contribution is 0.0476. The van der Waals surface area contributed by atoms with Crippen molar-refractivity contribution in [3.8, 4) is 0 Å². The third kappa shape index (κ3) is 2.67. The van der Waals surface area contributed by atoms with Crippen LogP contribution in [0.1, 0.15) is 20.8 Å². The highest BCUT2D eigenvalue weighted by Gasteiger charge is 2.22. The first-order valence-electron chi connectivity index (χ1n) is 4.23. The van der Waals surface area contributed by atoms with E-state index in [1.165, 1.54) is 0 Å². The molecule has 1 atom stereocenters. The molecule has 0 fully saturated rings. The molecule has 1 rings (SSSR count). The van der Waals surface area contributed by atoms with E-state index in [1.54, 1.807) is 16.1 Å². The second-order valence-electron chi connectivity index (χ2n) is 4.20. The zero-order valence-corrected chi connectivity index (χ0v) is 8.97. The maximum atomic E-state index is 11.2. The van der Waals surface area contributed by atoms with Gasteiger partial charge in [0.1, 0.15) is 0 Å². The minimum Gasteiger partial charge on any atom is -0.391 e. The van der Waals surface area contributed by atoms with Crippen molar-refractivity contribution in [2.75, 3.05) is 0 Å². The molecule has 0 saturated carbocycles. The second kappa shape index (κ2) is 3.64. The summed E-state index contributed by atoms with van der Waals surface area (Å²) in [6, 6.07) is 0. The minimum absolute atomic E-state index is 0.0108. The lowest BCUT2D eigenvalue weighted by Crippen LogP contribution is -2.32. The fourth-order valence-corrected chi connectivity index (χ4v) is 1.48. The lowest BCUT2D eigenvalue weighted by atomic mass is 9.89. The van der Waals surface area contributed by atoms with Gasteiger partial charge in [0.25, 0.3) is 0 Å². The number of rotatable bonds is 2. The summed E-state index contributed by atoms with van der Waals surface area (Å²) in [6.45, 7) is 6.24. The van der Waals surface area contributed by atoms with Crippen molar-refractivity contribution in [1.82, 2.24) is 4.57 Å². The van der Waals surface area contributed by atoms with Gasteiger partial charge in [0, 0.05) is 11.6 Å². The van der Waals surface area contributed by atoms with Crippen molar-refractivity contribution >= 4 is 11.3 Å². The van der Waals surface area contributed by atoms with Gasteiger partial charge >= 0.3 is 4.87 Å². The Kier molecular flexibility index (Phi) is 2.93. The Morgan fingerprint density at radius 1 is 1.62 bits per heavy atom. The maximum Gasteiger partial charge on any atom is 0.307 e. The largest absolute Gasteiger partial charge is 0.391 e. The van der Waals surface area contributed by atoms with Crippen molar-refractivity contribution in [3.63, 3.8) is 0 Å². The minimum atomic E-state index is -0.486. The topological polar surface area (TPSA) is 42.2 Å². The van der Waals surface area contributed by atoms with Crippen molar-refractivity contribution < 1.29 is 5.11 Å². The number of thiazole rings is 1. The van der Waals surface area contributed by atoms with Gasteiger partial charge in [-0.3, -0.25) is 4.79 Å². The zero-order valence-electron chi connectivity index (χ0n) is 8.15. The van der Waals surface area contributed by atoms with Crippen molar-refractivity contribution in [2.45, 2.75) is 33.4 Å². The molecule has 0 amide bonds. The molecule has 0 radical (unpaired) electrons. The molecule has 1 heterocycles. The molecule has 0 spiro atoms. The van der Waals surface area contributed by atoms with Crippen LogP contribution in [0.4, 0.5) is 0 Å². The van der Waals surface area contributed by atoms with Crippen molar-refractivity contribution in [3.05, 3.63) is 21.2 Å². The van der Waals surface area contributed by atoms with Crippen LogP contribution in [0.2, 0.25) is 0 Å². The van der Waals surface area contributed by atoms with Gasteiger partial charge in [-0.05, 0) is 5.41 Å². The van der Waals surface area contributed by atoms with E-state index in [9.17, 15) is 9.90 Å². The average Bonchev–Trinajstić information content (AvgIpc) is 2.34. The molecule has 1 unspecified atom stereocenters. The fourth-order valence-electron chi connectivity index (χ4n) is 0.886. The van der Waals surface area contributed by atoms with E-state index in [2.05, 4.69) is 0 Å². The smallest absolute Gasteiger partial charge is 0.307 e. The molecule has 1 aromatic heterocycles. The summed E-state index contributed by atoms with van der Waals surface area (Å²) in [5.74, 6) is 0. The van der Waals surface area contributed by atoms with Gasteiger partial charge in [-0.1, -0.05) is 32.1 Å². The number of aliphatic hydroxyl groups is 1. The van der Waals surface area contributed by atoms with E-state index in [0.717, 1.165) is 11.3 Å². The highest BCUT2D eigenvalue weighted by Crippen LogP contribution is 2.19. The van der Waals surface area contributed by atoms with E-state index in [-0.39, 0.29) is 10.3 Å². The van der Waals surface area contributed by atoms with Gasteiger partial charge in [-0.25, -0.2) is 0 Å². The van der Waals surface area contributed by atoms with Crippen LogP contribution in [0.15, 0.2) is 16.4 Å². The Morgan fingerprint density at radius 3 is 2.62 bits per heavy atom. The number of aliphatic hydroxyl groups excluding tert-OH is 1. The third-order valence-corrected chi connectivity index (χ3v) is 2.71. The average molecular weight is 201 g/mol. The molecule has 0 saturated heterocycles. The first-order valence-corrected chi connectivity index (χ1v) is 5.11. The molecule has 0 aliphatic rings. The van der Waals surface area contributed by atoms with E-state index in [0.29, 0.717) is 6.54 Å². The standard InChI is InChI=1S/C9H15NO2S/c1-9(2,3)7(11)6-10-4-5-13-8(10)12/h4-5,7,11H,6H2,1-3H3. The Morgan fingerprint density at radius 2 is 2.23 bits per heavy atom. The fraction of sp³-hybridized carbons (Fsp3) is 0.667. The quantitative estimate of drug-likeness (QED) is 0.784. The molecule has 1 aromatic rings.